The molecule has 1 aliphatic rings. The first kappa shape index (κ1) is 43.4. The van der Waals surface area contributed by atoms with E-state index in [9.17, 15) is 10.1 Å². The first-order chi connectivity index (χ1) is 37.1. The molecule has 0 spiro atoms. The number of carbonyl (C=O) groups excluding carboxylic acids is 2. The fraction of sp³-hybridized carbons (Fsp3) is 0. The average molecular weight is 959 g/mol. The standard InChI is InChI=1S/C69H42N4O2/c70-43-60-61(72-63-49(44-21-6-1-7-22-44)31-16-36-54(63)55-37-17-32-50(64(55)72)45-23-8-2-9-24-45)42-41-58(53-35-20-40-59-62(53)69(75)71(68(59)74)48-29-14-5-15-30-48)67(60)73-65-51(46-25-10-3-11-26-46)33-18-38-56(65)57-39-19-34-52(66(57)73)47-27-12-4-13-28-47/h1-42H. The van der Waals surface area contributed by atoms with E-state index in [1.165, 1.54) is 4.90 Å². The third-order valence-corrected chi connectivity index (χ3v) is 14.9. The van der Waals surface area contributed by atoms with Gasteiger partial charge in [-0.15, -0.1) is 0 Å². The number of nitriles is 1. The Balaban J connectivity index is 1.20. The molecular formula is C69H42N4O2. The van der Waals surface area contributed by atoms with Crippen LogP contribution in [0.2, 0.25) is 0 Å². The van der Waals surface area contributed by atoms with Gasteiger partial charge in [-0.2, -0.15) is 5.26 Å². The molecule has 0 fully saturated rings. The van der Waals surface area contributed by atoms with Gasteiger partial charge in [-0.1, -0.05) is 231 Å². The van der Waals surface area contributed by atoms with Crippen molar-refractivity contribution in [2.45, 2.75) is 0 Å². The van der Waals surface area contributed by atoms with Crippen molar-refractivity contribution < 1.29 is 9.59 Å². The van der Waals surface area contributed by atoms with Gasteiger partial charge < -0.3 is 9.13 Å². The highest BCUT2D eigenvalue weighted by Crippen LogP contribution is 2.49. The minimum absolute atomic E-state index is 0.283. The Morgan fingerprint density at radius 3 is 1.08 bits per heavy atom. The van der Waals surface area contributed by atoms with Crippen LogP contribution in [0.5, 0.6) is 0 Å². The average Bonchev–Trinajstić information content (AvgIpc) is 4.11. The van der Waals surface area contributed by atoms with Crippen LogP contribution < -0.4 is 4.90 Å². The number of hydrogen-bond donors (Lipinski definition) is 0. The fourth-order valence-electron chi connectivity index (χ4n) is 11.7. The Morgan fingerprint density at radius 2 is 0.667 bits per heavy atom. The van der Waals surface area contributed by atoms with Gasteiger partial charge in [0, 0.05) is 49.4 Å². The van der Waals surface area contributed by atoms with E-state index in [1.54, 1.807) is 18.2 Å². The summed E-state index contributed by atoms with van der Waals surface area (Å²) in [6, 6.07) is 88.9. The lowest BCUT2D eigenvalue weighted by atomic mass is 9.92. The van der Waals surface area contributed by atoms with Crippen molar-refractivity contribution in [1.29, 1.82) is 5.26 Å². The maximum atomic E-state index is 15.2. The molecule has 0 aliphatic carbocycles. The van der Waals surface area contributed by atoms with Gasteiger partial charge in [-0.05, 0) is 52.1 Å². The normalized spacial score (nSPS) is 12.3. The molecule has 350 valence electrons. The van der Waals surface area contributed by atoms with E-state index in [0.717, 1.165) is 88.1 Å². The highest BCUT2D eigenvalue weighted by Gasteiger charge is 2.40. The topological polar surface area (TPSA) is 71.0 Å². The molecule has 0 atom stereocenters. The smallest absolute Gasteiger partial charge is 0.266 e. The lowest BCUT2D eigenvalue weighted by Gasteiger charge is -2.23. The first-order valence-corrected chi connectivity index (χ1v) is 25.1. The summed E-state index contributed by atoms with van der Waals surface area (Å²) in [7, 11) is 0. The maximum absolute atomic E-state index is 15.2. The summed E-state index contributed by atoms with van der Waals surface area (Å²) in [6.45, 7) is 0. The van der Waals surface area contributed by atoms with E-state index in [-0.39, 0.29) is 5.56 Å². The number of amides is 2. The molecule has 0 saturated carbocycles. The molecule has 2 amide bonds. The number of hydrogen-bond acceptors (Lipinski definition) is 3. The number of rotatable bonds is 8. The van der Waals surface area contributed by atoms with Gasteiger partial charge in [-0.25, -0.2) is 4.90 Å². The second-order valence-electron chi connectivity index (χ2n) is 18.9. The highest BCUT2D eigenvalue weighted by atomic mass is 16.2. The predicted molar refractivity (Wildman–Crippen MR) is 305 cm³/mol. The number of aromatic nitrogens is 2. The SMILES string of the molecule is N#Cc1c(-n2c3c(-c4ccccc4)cccc3c3cccc(-c4ccccc4)c32)ccc(-c2cccc3c2C(=O)N(c2ccccc2)C3=O)c1-n1c2c(-c3ccccc3)cccc2c2cccc(-c3ccccc3)c21. The van der Waals surface area contributed by atoms with Gasteiger partial charge in [0.1, 0.15) is 11.6 Å². The van der Waals surface area contributed by atoms with Gasteiger partial charge in [-0.3, -0.25) is 9.59 Å². The zero-order valence-electron chi connectivity index (χ0n) is 40.4. The van der Waals surface area contributed by atoms with Crippen LogP contribution in [0.1, 0.15) is 26.3 Å². The lowest BCUT2D eigenvalue weighted by molar-refractivity contribution is 0.0926. The Bertz CT molecular complexity index is 4300. The molecule has 14 rings (SSSR count). The van der Waals surface area contributed by atoms with Crippen LogP contribution in [-0.2, 0) is 0 Å². The van der Waals surface area contributed by atoms with E-state index >= 15 is 4.79 Å². The minimum atomic E-state index is -0.426. The van der Waals surface area contributed by atoms with E-state index in [2.05, 4.69) is 191 Å². The van der Waals surface area contributed by atoms with Crippen molar-refractivity contribution in [2.75, 3.05) is 4.90 Å². The molecule has 1 aliphatic heterocycles. The third-order valence-electron chi connectivity index (χ3n) is 14.9. The zero-order valence-corrected chi connectivity index (χ0v) is 40.4. The molecule has 0 unspecified atom stereocenters. The molecule has 0 bridgehead atoms. The quantitative estimate of drug-likeness (QED) is 0.142. The number of nitrogens with zero attached hydrogens (tertiary/aromatic N) is 4. The van der Waals surface area contributed by atoms with Gasteiger partial charge in [0.15, 0.2) is 0 Å². The summed E-state index contributed by atoms with van der Waals surface area (Å²) in [4.78, 5) is 31.0. The van der Waals surface area contributed by atoms with Crippen LogP contribution >= 0.6 is 0 Å². The highest BCUT2D eigenvalue weighted by molar-refractivity contribution is 6.36. The summed E-state index contributed by atoms with van der Waals surface area (Å²) < 4.78 is 4.58. The van der Waals surface area contributed by atoms with Crippen LogP contribution in [-0.4, -0.2) is 20.9 Å². The van der Waals surface area contributed by atoms with Crippen LogP contribution in [0.3, 0.4) is 0 Å². The lowest BCUT2D eigenvalue weighted by Crippen LogP contribution is -2.29. The van der Waals surface area contributed by atoms with E-state index < -0.39 is 11.8 Å². The van der Waals surface area contributed by atoms with E-state index in [4.69, 9.17) is 0 Å². The van der Waals surface area contributed by atoms with Crippen molar-refractivity contribution in [1.82, 2.24) is 9.13 Å². The van der Waals surface area contributed by atoms with Crippen molar-refractivity contribution in [3.63, 3.8) is 0 Å². The molecule has 75 heavy (non-hydrogen) atoms. The Labute approximate surface area is 432 Å². The van der Waals surface area contributed by atoms with Gasteiger partial charge in [0.25, 0.3) is 11.8 Å². The second-order valence-corrected chi connectivity index (χ2v) is 18.9. The summed E-state index contributed by atoms with van der Waals surface area (Å²) in [5.41, 5.74) is 15.6. The second kappa shape index (κ2) is 17.5. The molecule has 0 N–H and O–H groups in total. The number of imide groups is 1. The maximum Gasteiger partial charge on any atom is 0.266 e. The number of benzene rings is 11. The molecule has 0 saturated heterocycles. The number of anilines is 1. The van der Waals surface area contributed by atoms with Crippen LogP contribution in [0.25, 0.3) is 111 Å². The number of fused-ring (bicyclic) bond motifs is 7. The van der Waals surface area contributed by atoms with Gasteiger partial charge in [0.05, 0.1) is 50.3 Å². The van der Waals surface area contributed by atoms with Crippen LogP contribution in [0, 0.1) is 11.3 Å². The van der Waals surface area contributed by atoms with Crippen molar-refractivity contribution in [3.8, 4) is 73.1 Å². The predicted octanol–water partition coefficient (Wildman–Crippen LogP) is 16.9. The first-order valence-electron chi connectivity index (χ1n) is 25.1. The summed E-state index contributed by atoms with van der Waals surface area (Å²) in [5.74, 6) is -0.826. The van der Waals surface area contributed by atoms with Crippen molar-refractivity contribution in [3.05, 3.63) is 271 Å². The fourth-order valence-corrected chi connectivity index (χ4v) is 11.7. The molecule has 6 nitrogen and oxygen atoms in total. The monoisotopic (exact) mass is 958 g/mol. The minimum Gasteiger partial charge on any atom is -0.307 e. The molecule has 2 aromatic heterocycles. The molecular weight excluding hydrogens is 917 g/mol. The largest absolute Gasteiger partial charge is 0.307 e. The van der Waals surface area contributed by atoms with E-state index in [1.807, 2.05) is 60.7 Å². The van der Waals surface area contributed by atoms with Crippen molar-refractivity contribution >= 4 is 61.1 Å². The molecule has 11 aromatic carbocycles. The Hall–Kier alpha value is -10.4. The summed E-state index contributed by atoms with van der Waals surface area (Å²) in [5, 5.41) is 16.6. The van der Waals surface area contributed by atoms with Crippen LogP contribution in [0.15, 0.2) is 255 Å². The zero-order chi connectivity index (χ0) is 50.1. The molecule has 0 radical (unpaired) electrons. The molecule has 6 heteroatoms. The number of para-hydroxylation sites is 5. The summed E-state index contributed by atoms with van der Waals surface area (Å²) in [6.07, 6.45) is 0. The summed E-state index contributed by atoms with van der Waals surface area (Å²) >= 11 is 0. The van der Waals surface area contributed by atoms with Crippen LogP contribution in [0.4, 0.5) is 5.69 Å². The Morgan fingerprint density at radius 1 is 0.307 bits per heavy atom. The molecule has 3 heterocycles. The van der Waals surface area contributed by atoms with Gasteiger partial charge >= 0.3 is 0 Å². The molecule has 13 aromatic rings. The Kier molecular flexibility index (Phi) is 10.1. The van der Waals surface area contributed by atoms with Crippen molar-refractivity contribution in [2.24, 2.45) is 0 Å². The third kappa shape index (κ3) is 6.66. The van der Waals surface area contributed by atoms with Gasteiger partial charge in [0.2, 0.25) is 0 Å². The number of carbonyl (C=O) groups is 2. The van der Waals surface area contributed by atoms with E-state index in [0.29, 0.717) is 39.3 Å².